The topological polar surface area (TPSA) is 20.2 Å². The zero-order valence-corrected chi connectivity index (χ0v) is 6.32. The van der Waals surface area contributed by atoms with Crippen LogP contribution in [0.4, 0.5) is 0 Å². The minimum Gasteiger partial charge on any atom is -0.508 e. The predicted molar refractivity (Wildman–Crippen MR) is 42.9 cm³/mol. The summed E-state index contributed by atoms with van der Waals surface area (Å²) < 4.78 is 0. The monoisotopic (exact) mass is 158 g/mol. The highest BCUT2D eigenvalue weighted by molar-refractivity contribution is 8.68. The number of phenolic OH excluding ortho intramolecular Hbond substituents is 1. The number of aromatic hydroxyl groups is 1. The quantitative estimate of drug-likeness (QED) is 0.483. The molecule has 1 rings (SSSR count). The van der Waals surface area contributed by atoms with Crippen molar-refractivity contribution >= 4 is 22.5 Å². The first kappa shape index (κ1) is 6.83. The number of benzene rings is 1. The second kappa shape index (κ2) is 3.03. The summed E-state index contributed by atoms with van der Waals surface area (Å²) in [7, 11) is 1.32. The third-order valence-electron chi connectivity index (χ3n) is 0.923. The molecule has 1 aromatic rings. The Labute approximate surface area is 62.9 Å². The van der Waals surface area contributed by atoms with Crippen molar-refractivity contribution in [1.29, 1.82) is 0 Å². The van der Waals surface area contributed by atoms with Gasteiger partial charge in [-0.3, -0.25) is 0 Å². The molecule has 0 fully saturated rings. The van der Waals surface area contributed by atoms with E-state index in [1.807, 2.05) is 6.07 Å². The number of phenols is 1. The summed E-state index contributed by atoms with van der Waals surface area (Å²) in [6.45, 7) is 0. The normalized spacial score (nSPS) is 9.44. The van der Waals surface area contributed by atoms with Gasteiger partial charge < -0.3 is 5.11 Å². The molecule has 0 unspecified atom stereocenters. The fourth-order valence-corrected chi connectivity index (χ4v) is 1.19. The number of hydrogen-bond donors (Lipinski definition) is 2. The second-order valence-electron chi connectivity index (χ2n) is 1.59. The zero-order valence-electron chi connectivity index (χ0n) is 4.61. The van der Waals surface area contributed by atoms with Crippen molar-refractivity contribution in [2.24, 2.45) is 0 Å². The molecular weight excluding hydrogens is 152 g/mol. The highest BCUT2D eigenvalue weighted by Crippen LogP contribution is 2.23. The second-order valence-corrected chi connectivity index (χ2v) is 2.79. The van der Waals surface area contributed by atoms with Crippen LogP contribution in [0.1, 0.15) is 0 Å². The molecule has 0 saturated heterocycles. The van der Waals surface area contributed by atoms with Crippen LogP contribution in [0.15, 0.2) is 29.2 Å². The van der Waals surface area contributed by atoms with Gasteiger partial charge in [0.05, 0.1) is 0 Å². The highest BCUT2D eigenvalue weighted by Gasteiger charge is 1.89. The minimum atomic E-state index is 0.286. The van der Waals surface area contributed by atoms with Gasteiger partial charge in [0.2, 0.25) is 0 Å². The SMILES string of the molecule is Oc1cccc(SS)c1. The molecule has 0 aliphatic rings. The van der Waals surface area contributed by atoms with Crippen molar-refractivity contribution in [3.8, 4) is 5.75 Å². The fourth-order valence-electron chi connectivity index (χ4n) is 0.540. The van der Waals surface area contributed by atoms with E-state index in [2.05, 4.69) is 11.7 Å². The van der Waals surface area contributed by atoms with Crippen molar-refractivity contribution in [3.05, 3.63) is 24.3 Å². The molecule has 9 heavy (non-hydrogen) atoms. The molecule has 1 nitrogen and oxygen atoms in total. The fraction of sp³-hybridized carbons (Fsp3) is 0. The summed E-state index contributed by atoms with van der Waals surface area (Å²) in [6.07, 6.45) is 0. The van der Waals surface area contributed by atoms with Crippen LogP contribution in [0.2, 0.25) is 0 Å². The van der Waals surface area contributed by atoms with Crippen molar-refractivity contribution < 1.29 is 5.11 Å². The molecule has 0 aromatic heterocycles. The van der Waals surface area contributed by atoms with Crippen LogP contribution < -0.4 is 0 Å². The lowest BCUT2D eigenvalue weighted by Crippen LogP contribution is -1.64. The van der Waals surface area contributed by atoms with E-state index in [1.54, 1.807) is 18.2 Å². The van der Waals surface area contributed by atoms with Crippen LogP contribution >= 0.6 is 22.5 Å². The first-order chi connectivity index (χ1) is 4.33. The largest absolute Gasteiger partial charge is 0.508 e. The lowest BCUT2D eigenvalue weighted by Gasteiger charge is -1.93. The summed E-state index contributed by atoms with van der Waals surface area (Å²) in [5, 5.41) is 8.90. The van der Waals surface area contributed by atoms with Gasteiger partial charge in [-0.2, -0.15) is 0 Å². The van der Waals surface area contributed by atoms with Gasteiger partial charge in [-0.25, -0.2) is 0 Å². The number of rotatable bonds is 1. The smallest absolute Gasteiger partial charge is 0.116 e. The molecule has 1 N–H and O–H groups in total. The van der Waals surface area contributed by atoms with E-state index in [0.29, 0.717) is 0 Å². The van der Waals surface area contributed by atoms with Crippen LogP contribution in [0.25, 0.3) is 0 Å². The molecule has 3 heteroatoms. The highest BCUT2D eigenvalue weighted by atomic mass is 33.1. The van der Waals surface area contributed by atoms with Gasteiger partial charge in [0.15, 0.2) is 0 Å². The van der Waals surface area contributed by atoms with Crippen molar-refractivity contribution in [1.82, 2.24) is 0 Å². The van der Waals surface area contributed by atoms with Crippen molar-refractivity contribution in [3.63, 3.8) is 0 Å². The van der Waals surface area contributed by atoms with E-state index < -0.39 is 0 Å². The molecule has 0 radical (unpaired) electrons. The third-order valence-corrected chi connectivity index (χ3v) is 2.02. The van der Waals surface area contributed by atoms with Gasteiger partial charge in [0.25, 0.3) is 0 Å². The number of thiol groups is 1. The van der Waals surface area contributed by atoms with Gasteiger partial charge in [0.1, 0.15) is 5.75 Å². The van der Waals surface area contributed by atoms with E-state index in [9.17, 15) is 0 Å². The van der Waals surface area contributed by atoms with E-state index in [1.165, 1.54) is 10.8 Å². The van der Waals surface area contributed by atoms with Gasteiger partial charge in [-0.1, -0.05) is 16.9 Å². The van der Waals surface area contributed by atoms with Crippen LogP contribution in [0.5, 0.6) is 5.75 Å². The van der Waals surface area contributed by atoms with E-state index >= 15 is 0 Å². The Morgan fingerprint density at radius 1 is 1.44 bits per heavy atom. The third kappa shape index (κ3) is 1.84. The van der Waals surface area contributed by atoms with E-state index in [-0.39, 0.29) is 5.75 Å². The Bertz CT molecular complexity index is 200. The average molecular weight is 158 g/mol. The van der Waals surface area contributed by atoms with Gasteiger partial charge in [-0.05, 0) is 18.2 Å². The van der Waals surface area contributed by atoms with Gasteiger partial charge in [0, 0.05) is 4.90 Å². The molecular formula is C6H6OS2. The Kier molecular flexibility index (Phi) is 2.30. The maximum atomic E-state index is 8.90. The maximum absolute atomic E-state index is 8.90. The average Bonchev–Trinajstić information content (AvgIpc) is 1.88. The lowest BCUT2D eigenvalue weighted by atomic mass is 10.3. The molecule has 0 bridgehead atoms. The molecule has 0 heterocycles. The molecule has 0 aliphatic carbocycles. The zero-order chi connectivity index (χ0) is 6.69. The van der Waals surface area contributed by atoms with Crippen LogP contribution in [-0.4, -0.2) is 5.11 Å². The molecule has 1 aromatic carbocycles. The number of hydrogen-bond acceptors (Lipinski definition) is 3. The maximum Gasteiger partial charge on any atom is 0.116 e. The van der Waals surface area contributed by atoms with Crippen LogP contribution in [0.3, 0.4) is 0 Å². The molecule has 0 saturated carbocycles. The minimum absolute atomic E-state index is 0.286. The summed E-state index contributed by atoms with van der Waals surface area (Å²) in [5.41, 5.74) is 0. The van der Waals surface area contributed by atoms with Crippen molar-refractivity contribution in [2.45, 2.75) is 4.90 Å². The summed E-state index contributed by atoms with van der Waals surface area (Å²) in [4.78, 5) is 0.957. The van der Waals surface area contributed by atoms with E-state index in [4.69, 9.17) is 5.11 Å². The van der Waals surface area contributed by atoms with Gasteiger partial charge in [-0.15, -0.1) is 11.7 Å². The van der Waals surface area contributed by atoms with Crippen LogP contribution in [0, 0.1) is 0 Å². The Hall–Kier alpha value is -0.280. The molecule has 0 atom stereocenters. The molecule has 0 spiro atoms. The first-order valence-corrected chi connectivity index (χ1v) is 4.30. The lowest BCUT2D eigenvalue weighted by molar-refractivity contribution is 0.474. The Morgan fingerprint density at radius 2 is 2.22 bits per heavy atom. The Morgan fingerprint density at radius 3 is 2.67 bits per heavy atom. The predicted octanol–water partition coefficient (Wildman–Crippen LogP) is 2.33. The summed E-state index contributed by atoms with van der Waals surface area (Å²) in [5.74, 6) is 0.286. The summed E-state index contributed by atoms with van der Waals surface area (Å²) >= 11 is 3.96. The molecule has 0 amide bonds. The summed E-state index contributed by atoms with van der Waals surface area (Å²) in [6, 6.07) is 6.97. The Balaban J connectivity index is 2.94. The van der Waals surface area contributed by atoms with Crippen molar-refractivity contribution in [2.75, 3.05) is 0 Å². The van der Waals surface area contributed by atoms with Gasteiger partial charge >= 0.3 is 0 Å². The first-order valence-electron chi connectivity index (χ1n) is 2.43. The standard InChI is InChI=1S/C6H6OS2/c7-5-2-1-3-6(4-5)9-8/h1-4,7-8H. The molecule has 0 aliphatic heterocycles. The van der Waals surface area contributed by atoms with E-state index in [0.717, 1.165) is 4.90 Å². The molecule has 48 valence electrons. The van der Waals surface area contributed by atoms with Crippen LogP contribution in [-0.2, 0) is 0 Å².